The van der Waals surface area contributed by atoms with Crippen LogP contribution in [0.15, 0.2) is 120 Å². The van der Waals surface area contributed by atoms with Gasteiger partial charge in [-0.2, -0.15) is 17.7 Å². The van der Waals surface area contributed by atoms with Crippen LogP contribution < -0.4 is 0 Å². The first-order chi connectivity index (χ1) is 15.8. The van der Waals surface area contributed by atoms with E-state index in [1.54, 1.807) is 12.5 Å². The molecule has 0 unspecified atom stereocenters. The molecule has 0 saturated carbocycles. The van der Waals surface area contributed by atoms with Gasteiger partial charge in [0.2, 0.25) is 0 Å². The van der Waals surface area contributed by atoms with E-state index in [0.717, 1.165) is 24.0 Å². The van der Waals surface area contributed by atoms with Crippen molar-refractivity contribution < 1.29 is 28.7 Å². The van der Waals surface area contributed by atoms with Crippen molar-refractivity contribution in [1.29, 1.82) is 0 Å². The number of benzene rings is 3. The Labute approximate surface area is 228 Å². The minimum atomic E-state index is 0. The summed E-state index contributed by atoms with van der Waals surface area (Å²) in [5, 5.41) is 5.39. The van der Waals surface area contributed by atoms with Crippen LogP contribution in [0.3, 0.4) is 0 Å². The molecule has 4 heteroatoms. The van der Waals surface area contributed by atoms with Gasteiger partial charge in [-0.05, 0) is 0 Å². The molecule has 34 heavy (non-hydrogen) atoms. The van der Waals surface area contributed by atoms with Gasteiger partial charge in [0.05, 0.1) is 6.26 Å². The van der Waals surface area contributed by atoms with E-state index in [4.69, 9.17) is 4.42 Å². The van der Waals surface area contributed by atoms with Crippen molar-refractivity contribution in [1.82, 2.24) is 0 Å². The molecule has 1 aromatic heterocycles. The molecule has 0 fully saturated rings. The van der Waals surface area contributed by atoms with Crippen molar-refractivity contribution in [3.63, 3.8) is 0 Å². The van der Waals surface area contributed by atoms with Crippen LogP contribution in [0.25, 0.3) is 27.1 Å². The van der Waals surface area contributed by atoms with Gasteiger partial charge in [-0.3, -0.25) is 0 Å². The first-order valence-electron chi connectivity index (χ1n) is 10.7. The summed E-state index contributed by atoms with van der Waals surface area (Å²) >= 11 is 1.51. The Morgan fingerprint density at radius 2 is 1.44 bits per heavy atom. The molecule has 1 aliphatic rings. The number of fused-ring (bicyclic) bond motifs is 3. The van der Waals surface area contributed by atoms with Crippen molar-refractivity contribution in [3.05, 3.63) is 133 Å². The van der Waals surface area contributed by atoms with E-state index in [9.17, 15) is 0 Å². The van der Waals surface area contributed by atoms with Crippen LogP contribution in [0.5, 0.6) is 0 Å². The van der Waals surface area contributed by atoms with Crippen molar-refractivity contribution in [3.8, 4) is 0 Å². The molecule has 1 heterocycles. The largest absolute Gasteiger partial charge is 0.126 e. The smallest absolute Gasteiger partial charge is 0.0771 e. The first kappa shape index (κ1) is 27.9. The van der Waals surface area contributed by atoms with E-state index in [1.165, 1.54) is 51.3 Å². The standard InChI is InChI=1S/C13H9.C9H7O.C8H8.2ClH.Zr/c1-3-7-12-10(5-1)9-11-6-2-4-8-13(11)12;1-2-4-8(3-1)9-5-6-10-7-9;1-2-8-6-4-3-5-7-8;;;/h1-9H;1,3,5-7H,2H2;1,3-7H,2H2;2*1H;/q2*-1;;;;+2. The molecule has 0 saturated heterocycles. The zero-order valence-corrected chi connectivity index (χ0v) is 22.8. The Morgan fingerprint density at radius 3 is 1.97 bits per heavy atom. The molecule has 0 bridgehead atoms. The van der Waals surface area contributed by atoms with Crippen LogP contribution in [0.2, 0.25) is 0 Å². The van der Waals surface area contributed by atoms with E-state index in [-0.39, 0.29) is 24.8 Å². The van der Waals surface area contributed by atoms with E-state index >= 15 is 0 Å². The van der Waals surface area contributed by atoms with Crippen molar-refractivity contribution in [2.24, 2.45) is 0 Å². The van der Waals surface area contributed by atoms with Crippen molar-refractivity contribution in [2.45, 2.75) is 12.8 Å². The maximum Gasteiger partial charge on any atom is -0.0771 e. The van der Waals surface area contributed by atoms with Crippen LogP contribution in [0.4, 0.5) is 0 Å². The number of furan rings is 1. The molecule has 170 valence electrons. The summed E-state index contributed by atoms with van der Waals surface area (Å²) in [6.07, 6.45) is 12.8. The first-order valence-corrected chi connectivity index (χ1v) is 12.1. The minimum Gasteiger partial charge on any atom is -0.126 e. The van der Waals surface area contributed by atoms with Crippen LogP contribution in [0, 0.1) is 6.08 Å². The van der Waals surface area contributed by atoms with Crippen LogP contribution in [-0.4, -0.2) is 3.71 Å². The third kappa shape index (κ3) is 7.57. The number of hydrogen-bond acceptors (Lipinski definition) is 1. The molecule has 0 radical (unpaired) electrons. The fourth-order valence-corrected chi connectivity index (χ4v) is 4.24. The van der Waals surface area contributed by atoms with E-state index in [0.29, 0.717) is 0 Å². The van der Waals surface area contributed by atoms with E-state index < -0.39 is 0 Å². The molecule has 1 nitrogen and oxygen atoms in total. The number of hydrogen-bond donors (Lipinski definition) is 0. The fourth-order valence-electron chi connectivity index (χ4n) is 3.66. The summed E-state index contributed by atoms with van der Waals surface area (Å²) in [7, 11) is 0. The normalized spacial score (nSPS) is 11.3. The van der Waals surface area contributed by atoms with Crippen LogP contribution >= 0.6 is 24.8 Å². The second-order valence-corrected chi connectivity index (χ2v) is 8.43. The van der Waals surface area contributed by atoms with Crippen LogP contribution in [0.1, 0.15) is 17.5 Å². The molecule has 0 spiro atoms. The van der Waals surface area contributed by atoms with Gasteiger partial charge in [0.15, 0.2) is 0 Å². The number of allylic oxidation sites excluding steroid dienone is 4. The van der Waals surface area contributed by atoms with Gasteiger partial charge in [-0.25, -0.2) is 0 Å². The fraction of sp³-hybridized carbons (Fsp3) is 0.0667. The topological polar surface area (TPSA) is 13.1 Å². The molecular formula is C30H26Cl2OZr. The molecule has 1 aliphatic carbocycles. The predicted molar refractivity (Wildman–Crippen MR) is 147 cm³/mol. The number of rotatable bonds is 3. The monoisotopic (exact) mass is 562 g/mol. The van der Waals surface area contributed by atoms with Crippen molar-refractivity contribution in [2.75, 3.05) is 0 Å². The second kappa shape index (κ2) is 14.8. The SMILES string of the molecule is Cl.Cl.[C-]1=C(c2ccoc2)C=CC1.[Zr+2]=[CH]Cc1ccccc1.c1ccc2c(c1)[cH-]c1ccccc12. The van der Waals surface area contributed by atoms with Gasteiger partial charge in [-0.1, -0.05) is 54.4 Å². The van der Waals surface area contributed by atoms with Gasteiger partial charge in [0.25, 0.3) is 0 Å². The minimum absolute atomic E-state index is 0. The summed E-state index contributed by atoms with van der Waals surface area (Å²) in [6, 6.07) is 31.7. The van der Waals surface area contributed by atoms with Crippen LogP contribution in [-0.2, 0) is 30.7 Å². The Bertz CT molecular complexity index is 1280. The third-order valence-corrected chi connectivity index (χ3v) is 5.73. The van der Waals surface area contributed by atoms with Gasteiger partial charge < -0.3 is 4.42 Å². The molecule has 0 amide bonds. The van der Waals surface area contributed by atoms with Gasteiger partial charge >= 0.3 is 70.3 Å². The van der Waals surface area contributed by atoms with E-state index in [2.05, 4.69) is 101 Å². The van der Waals surface area contributed by atoms with Gasteiger partial charge in [0, 0.05) is 6.26 Å². The second-order valence-electron chi connectivity index (χ2n) is 7.42. The molecule has 0 aliphatic heterocycles. The maximum absolute atomic E-state index is 4.93. The van der Waals surface area contributed by atoms with Gasteiger partial charge in [-0.15, -0.1) is 70.6 Å². The predicted octanol–water partition coefficient (Wildman–Crippen LogP) is 8.56. The zero-order valence-electron chi connectivity index (χ0n) is 18.7. The van der Waals surface area contributed by atoms with Gasteiger partial charge in [0.1, 0.15) is 0 Å². The van der Waals surface area contributed by atoms with Crippen molar-refractivity contribution >= 4 is 55.6 Å². The van der Waals surface area contributed by atoms with E-state index in [1.807, 2.05) is 12.1 Å². The average Bonchev–Trinajstić information content (AvgIpc) is 3.61. The maximum atomic E-state index is 4.93. The molecule has 4 aromatic carbocycles. The molecule has 0 atom stereocenters. The Kier molecular flexibility index (Phi) is 12.1. The third-order valence-electron chi connectivity index (χ3n) is 5.23. The summed E-state index contributed by atoms with van der Waals surface area (Å²) in [5.41, 5.74) is 3.68. The summed E-state index contributed by atoms with van der Waals surface area (Å²) in [6.45, 7) is 0. The summed E-state index contributed by atoms with van der Waals surface area (Å²) in [4.78, 5) is 0. The molecular weight excluding hydrogens is 538 g/mol. The quantitative estimate of drug-likeness (QED) is 0.200. The molecule has 0 N–H and O–H groups in total. The summed E-state index contributed by atoms with van der Waals surface area (Å²) < 4.78 is 7.18. The number of halogens is 2. The molecule has 5 aromatic rings. The zero-order chi connectivity index (χ0) is 22.0. The average molecular weight is 565 g/mol. The Hall–Kier alpha value is -2.38. The molecule has 6 rings (SSSR count). The Morgan fingerprint density at radius 1 is 0.824 bits per heavy atom. The summed E-state index contributed by atoms with van der Waals surface area (Å²) in [5.74, 6) is 0. The Balaban J connectivity index is 0.000000179.